The lowest BCUT2D eigenvalue weighted by Gasteiger charge is -2.36. The molecule has 0 radical (unpaired) electrons. The lowest BCUT2D eigenvalue weighted by atomic mass is 10.1. The maximum absolute atomic E-state index is 13.0. The summed E-state index contributed by atoms with van der Waals surface area (Å²) in [6.45, 7) is 4.20. The Labute approximate surface area is 169 Å². The van der Waals surface area contributed by atoms with E-state index in [1.54, 1.807) is 12.3 Å². The first-order valence-corrected chi connectivity index (χ1v) is 9.30. The van der Waals surface area contributed by atoms with Crippen LogP contribution in [-0.2, 0) is 6.54 Å². The van der Waals surface area contributed by atoms with Crippen LogP contribution in [0.15, 0.2) is 47.6 Å². The van der Waals surface area contributed by atoms with E-state index in [4.69, 9.17) is 18.0 Å². The fourth-order valence-electron chi connectivity index (χ4n) is 3.16. The van der Waals surface area contributed by atoms with E-state index >= 15 is 0 Å². The lowest BCUT2D eigenvalue weighted by Crippen LogP contribution is -2.46. The Balaban J connectivity index is 1.61. The number of nitrogens with two attached hydrogens (primary N) is 1. The molecule has 0 amide bonds. The summed E-state index contributed by atoms with van der Waals surface area (Å²) in [5.41, 5.74) is 11.2. The van der Waals surface area contributed by atoms with Crippen LogP contribution >= 0.6 is 12.2 Å². The van der Waals surface area contributed by atoms with Crippen LogP contribution in [-0.4, -0.2) is 42.4 Å². The first-order valence-electron chi connectivity index (χ1n) is 8.89. The highest BCUT2D eigenvalue weighted by Crippen LogP contribution is 2.23. The maximum Gasteiger partial charge on any atom is 0.184 e. The van der Waals surface area contributed by atoms with E-state index in [0.29, 0.717) is 5.56 Å². The number of thiocarbonyl (C=S) groups is 1. The normalized spacial score (nSPS) is 14.8. The van der Waals surface area contributed by atoms with Crippen molar-refractivity contribution in [3.63, 3.8) is 0 Å². The van der Waals surface area contributed by atoms with Gasteiger partial charge in [0.2, 0.25) is 0 Å². The van der Waals surface area contributed by atoms with Crippen LogP contribution in [0.5, 0.6) is 0 Å². The van der Waals surface area contributed by atoms with Gasteiger partial charge in [-0.25, -0.2) is 4.39 Å². The number of piperazine rings is 1. The van der Waals surface area contributed by atoms with E-state index in [2.05, 4.69) is 26.4 Å². The van der Waals surface area contributed by atoms with Gasteiger partial charge in [-0.1, -0.05) is 18.2 Å². The Hall–Kier alpha value is -3.02. The monoisotopic (exact) mass is 396 g/mol. The smallest absolute Gasteiger partial charge is 0.184 e. The van der Waals surface area contributed by atoms with Crippen LogP contribution in [0, 0.1) is 17.1 Å². The second-order valence-electron chi connectivity index (χ2n) is 6.51. The molecule has 8 heteroatoms. The van der Waals surface area contributed by atoms with Crippen LogP contribution in [0.3, 0.4) is 0 Å². The molecule has 0 spiro atoms. The number of hydrogen-bond acceptors (Lipinski definition) is 5. The summed E-state index contributed by atoms with van der Waals surface area (Å²) in [4.78, 5) is 4.55. The second kappa shape index (κ2) is 9.26. The molecule has 0 aromatic heterocycles. The van der Waals surface area contributed by atoms with Crippen molar-refractivity contribution in [1.82, 2.24) is 10.3 Å². The van der Waals surface area contributed by atoms with Gasteiger partial charge < -0.3 is 10.6 Å². The summed E-state index contributed by atoms with van der Waals surface area (Å²) in [6, 6.07) is 14.5. The lowest BCUT2D eigenvalue weighted by molar-refractivity contribution is 0.250. The van der Waals surface area contributed by atoms with Crippen molar-refractivity contribution in [1.29, 1.82) is 5.26 Å². The molecular weight excluding hydrogens is 375 g/mol. The fraction of sp³-hybridized carbons (Fsp3) is 0.250. The van der Waals surface area contributed by atoms with Gasteiger partial charge in [-0.15, -0.1) is 0 Å². The fourth-order valence-corrected chi connectivity index (χ4v) is 3.22. The van der Waals surface area contributed by atoms with Crippen molar-refractivity contribution in [2.75, 3.05) is 31.1 Å². The molecule has 3 N–H and O–H groups in total. The van der Waals surface area contributed by atoms with E-state index in [0.717, 1.165) is 49.5 Å². The van der Waals surface area contributed by atoms with Gasteiger partial charge in [0, 0.05) is 32.7 Å². The molecule has 2 aromatic carbocycles. The summed E-state index contributed by atoms with van der Waals surface area (Å²) in [6.07, 6.45) is 1.57. The molecule has 0 saturated carbocycles. The zero-order chi connectivity index (χ0) is 19.9. The molecule has 28 heavy (non-hydrogen) atoms. The Morgan fingerprint density at radius 2 is 1.93 bits per heavy atom. The van der Waals surface area contributed by atoms with Crippen molar-refractivity contribution in [3.05, 3.63) is 65.0 Å². The van der Waals surface area contributed by atoms with Crippen molar-refractivity contribution < 1.29 is 4.39 Å². The molecule has 0 aliphatic carbocycles. The van der Waals surface area contributed by atoms with Gasteiger partial charge in [0.15, 0.2) is 5.11 Å². The zero-order valence-corrected chi connectivity index (χ0v) is 16.1. The number of hydrogen-bond donors (Lipinski definition) is 2. The van der Waals surface area contributed by atoms with Gasteiger partial charge >= 0.3 is 0 Å². The van der Waals surface area contributed by atoms with Crippen LogP contribution in [0.1, 0.15) is 16.7 Å². The summed E-state index contributed by atoms with van der Waals surface area (Å²) in [5.74, 6) is -0.215. The van der Waals surface area contributed by atoms with E-state index in [-0.39, 0.29) is 10.9 Å². The first-order chi connectivity index (χ1) is 13.5. The molecule has 1 aliphatic rings. The maximum atomic E-state index is 13.0. The van der Waals surface area contributed by atoms with Gasteiger partial charge in [0.1, 0.15) is 11.9 Å². The third-order valence-electron chi connectivity index (χ3n) is 4.56. The van der Waals surface area contributed by atoms with Crippen molar-refractivity contribution >= 4 is 29.2 Å². The molecule has 6 nitrogen and oxygen atoms in total. The van der Waals surface area contributed by atoms with Crippen molar-refractivity contribution in [2.45, 2.75) is 6.54 Å². The summed E-state index contributed by atoms with van der Waals surface area (Å²) in [5, 5.41) is 13.5. The number of rotatable bonds is 5. The van der Waals surface area contributed by atoms with E-state index in [1.165, 1.54) is 12.1 Å². The Kier molecular flexibility index (Phi) is 6.53. The Bertz CT molecular complexity index is 898. The molecule has 2 aromatic rings. The van der Waals surface area contributed by atoms with Gasteiger partial charge in [-0.3, -0.25) is 10.3 Å². The number of nitrogens with one attached hydrogen (secondary N) is 1. The number of halogens is 1. The summed E-state index contributed by atoms with van der Waals surface area (Å²) in [7, 11) is 0. The molecule has 0 unspecified atom stereocenters. The van der Waals surface area contributed by atoms with Crippen molar-refractivity contribution in [2.24, 2.45) is 10.8 Å². The molecule has 0 bridgehead atoms. The van der Waals surface area contributed by atoms with Crippen LogP contribution in [0.2, 0.25) is 0 Å². The predicted octanol–water partition coefficient (Wildman–Crippen LogP) is 2.19. The van der Waals surface area contributed by atoms with Crippen LogP contribution in [0.4, 0.5) is 10.1 Å². The van der Waals surface area contributed by atoms with Gasteiger partial charge in [-0.2, -0.15) is 10.4 Å². The molecule has 144 valence electrons. The van der Waals surface area contributed by atoms with Crippen LogP contribution < -0.4 is 16.1 Å². The largest absolute Gasteiger partial charge is 0.375 e. The molecule has 1 heterocycles. The molecule has 3 rings (SSSR count). The predicted molar refractivity (Wildman–Crippen MR) is 113 cm³/mol. The number of nitriles is 1. The number of anilines is 1. The molecular formula is C20H21FN6S. The number of nitrogens with zero attached hydrogens (tertiary/aromatic N) is 4. The topological polar surface area (TPSA) is 80.7 Å². The van der Waals surface area contributed by atoms with E-state index in [9.17, 15) is 9.65 Å². The minimum absolute atomic E-state index is 0.0897. The quantitative estimate of drug-likeness (QED) is 0.458. The highest BCUT2D eigenvalue weighted by molar-refractivity contribution is 7.80. The average molecular weight is 396 g/mol. The van der Waals surface area contributed by atoms with Crippen LogP contribution in [0.25, 0.3) is 0 Å². The average Bonchev–Trinajstić information content (AvgIpc) is 2.70. The Morgan fingerprint density at radius 1 is 1.21 bits per heavy atom. The van der Waals surface area contributed by atoms with E-state index < -0.39 is 0 Å². The Morgan fingerprint density at radius 3 is 2.57 bits per heavy atom. The highest BCUT2D eigenvalue weighted by Gasteiger charge is 2.19. The molecule has 1 fully saturated rings. The summed E-state index contributed by atoms with van der Waals surface area (Å²) < 4.78 is 13.0. The SMILES string of the molecule is N#Cc1cc(/C=N/NC(N)=S)ccc1N1CCN(Cc2ccc(F)cc2)CC1. The highest BCUT2D eigenvalue weighted by atomic mass is 32.1. The zero-order valence-electron chi connectivity index (χ0n) is 15.3. The van der Waals surface area contributed by atoms with Crippen molar-refractivity contribution in [3.8, 4) is 6.07 Å². The third kappa shape index (κ3) is 5.25. The third-order valence-corrected chi connectivity index (χ3v) is 4.65. The minimum Gasteiger partial charge on any atom is -0.375 e. The van der Waals surface area contributed by atoms with Gasteiger partial charge in [0.05, 0.1) is 17.5 Å². The van der Waals surface area contributed by atoms with Gasteiger partial charge in [0.25, 0.3) is 0 Å². The minimum atomic E-state index is -0.215. The number of benzene rings is 2. The van der Waals surface area contributed by atoms with Gasteiger partial charge in [-0.05, 0) is 47.6 Å². The summed E-state index contributed by atoms with van der Waals surface area (Å²) >= 11 is 4.70. The molecule has 1 saturated heterocycles. The van der Waals surface area contributed by atoms with E-state index in [1.807, 2.05) is 24.3 Å². The molecule has 0 atom stereocenters. The number of hydrazone groups is 1. The second-order valence-corrected chi connectivity index (χ2v) is 6.95. The standard InChI is InChI=1S/C20H21FN6S/c21-18-4-1-15(2-5-18)14-26-7-9-27(10-8-26)19-6-3-16(11-17(19)12-22)13-24-25-20(23)28/h1-6,11,13H,7-10,14H2,(H3,23,25,28)/b24-13+. The first kappa shape index (κ1) is 19.7. The molecule has 1 aliphatic heterocycles.